The molecule has 6 nitrogen and oxygen atoms in total. The maximum atomic E-state index is 10.9. The number of hydrogen-bond donors (Lipinski definition) is 3. The fourth-order valence-electron chi connectivity index (χ4n) is 0.746. The maximum absolute atomic E-state index is 10.9. The Morgan fingerprint density at radius 1 is 1.36 bits per heavy atom. The second kappa shape index (κ2) is 5.74. The van der Waals surface area contributed by atoms with Crippen LogP contribution < -0.4 is 5.32 Å². The predicted molar refractivity (Wildman–Crippen MR) is 46.6 cm³/mol. The Balaban J connectivity index is 4.30. The smallest absolute Gasteiger partial charge is 0.326 e. The third-order valence-electron chi connectivity index (χ3n) is 1.31. The average Bonchev–Trinajstić information content (AvgIpc) is 2.02. The van der Waals surface area contributed by atoms with Crippen molar-refractivity contribution in [3.63, 3.8) is 0 Å². The predicted octanol–water partition coefficient (Wildman–Crippen LogP) is -0.393. The molecular weight excluding hydrogens is 190 g/mol. The Bertz CT molecular complexity index is 271. The molecule has 0 saturated carbocycles. The highest BCUT2D eigenvalue weighted by atomic mass is 16.4. The van der Waals surface area contributed by atoms with Crippen molar-refractivity contribution in [2.75, 3.05) is 0 Å². The van der Waals surface area contributed by atoms with E-state index in [-0.39, 0.29) is 0 Å². The second-order valence-electron chi connectivity index (χ2n) is 2.50. The van der Waals surface area contributed by atoms with Gasteiger partial charge in [-0.3, -0.25) is 9.59 Å². The largest absolute Gasteiger partial charge is 0.481 e. The lowest BCUT2D eigenvalue weighted by Crippen LogP contribution is -2.41. The van der Waals surface area contributed by atoms with Gasteiger partial charge >= 0.3 is 11.9 Å². The highest BCUT2D eigenvalue weighted by Gasteiger charge is 2.21. The second-order valence-corrected chi connectivity index (χ2v) is 2.50. The number of nitrogens with one attached hydrogen (secondary N) is 1. The van der Waals surface area contributed by atoms with Crippen molar-refractivity contribution in [1.82, 2.24) is 5.32 Å². The number of aliphatic carboxylic acids is 2. The van der Waals surface area contributed by atoms with Gasteiger partial charge in [-0.25, -0.2) is 4.79 Å². The summed E-state index contributed by atoms with van der Waals surface area (Å²) in [7, 11) is 0. The molecule has 0 aromatic rings. The lowest BCUT2D eigenvalue weighted by molar-refractivity contribution is -0.146. The van der Waals surface area contributed by atoms with Crippen LogP contribution in [0.1, 0.15) is 13.3 Å². The molecular formula is C8H11NO5. The van der Waals surface area contributed by atoms with Gasteiger partial charge in [0.25, 0.3) is 0 Å². The minimum Gasteiger partial charge on any atom is -0.481 e. The van der Waals surface area contributed by atoms with E-state index >= 15 is 0 Å². The van der Waals surface area contributed by atoms with E-state index < -0.39 is 30.3 Å². The van der Waals surface area contributed by atoms with E-state index in [9.17, 15) is 14.4 Å². The van der Waals surface area contributed by atoms with Crippen LogP contribution in [-0.2, 0) is 14.4 Å². The first-order chi connectivity index (χ1) is 6.47. The van der Waals surface area contributed by atoms with Crippen LogP contribution in [0.15, 0.2) is 12.2 Å². The summed E-state index contributed by atoms with van der Waals surface area (Å²) in [6.07, 6.45) is 1.91. The quantitative estimate of drug-likeness (QED) is 0.525. The van der Waals surface area contributed by atoms with Crippen molar-refractivity contribution in [2.24, 2.45) is 0 Å². The van der Waals surface area contributed by atoms with E-state index in [1.807, 2.05) is 5.32 Å². The first-order valence-corrected chi connectivity index (χ1v) is 3.85. The molecule has 0 aliphatic carbocycles. The van der Waals surface area contributed by atoms with Gasteiger partial charge in [0.15, 0.2) is 0 Å². The molecule has 0 aliphatic rings. The van der Waals surface area contributed by atoms with Crippen LogP contribution in [0.2, 0.25) is 0 Å². The van der Waals surface area contributed by atoms with E-state index in [0.29, 0.717) is 0 Å². The number of amides is 1. The summed E-state index contributed by atoms with van der Waals surface area (Å²) in [5, 5.41) is 18.9. The van der Waals surface area contributed by atoms with Crippen molar-refractivity contribution in [3.8, 4) is 0 Å². The molecule has 0 rings (SSSR count). The first-order valence-electron chi connectivity index (χ1n) is 3.85. The van der Waals surface area contributed by atoms with Crippen LogP contribution in [0.25, 0.3) is 0 Å². The van der Waals surface area contributed by atoms with E-state index in [1.165, 1.54) is 6.08 Å². The lowest BCUT2D eigenvalue weighted by Gasteiger charge is -2.09. The van der Waals surface area contributed by atoms with E-state index in [0.717, 1.165) is 6.08 Å². The first kappa shape index (κ1) is 12.2. The number of carbonyl (C=O) groups is 3. The molecule has 1 amide bonds. The molecule has 78 valence electrons. The fourth-order valence-corrected chi connectivity index (χ4v) is 0.746. The monoisotopic (exact) mass is 201 g/mol. The van der Waals surface area contributed by atoms with Crippen LogP contribution in [0.3, 0.4) is 0 Å². The van der Waals surface area contributed by atoms with Gasteiger partial charge in [-0.05, 0) is 13.0 Å². The normalized spacial score (nSPS) is 12.4. The highest BCUT2D eigenvalue weighted by molar-refractivity contribution is 5.92. The van der Waals surface area contributed by atoms with Crippen LogP contribution in [0.4, 0.5) is 0 Å². The van der Waals surface area contributed by atoms with Gasteiger partial charge in [-0.1, -0.05) is 6.08 Å². The maximum Gasteiger partial charge on any atom is 0.326 e. The molecule has 0 bridgehead atoms. The summed E-state index contributed by atoms with van der Waals surface area (Å²) in [5.74, 6) is -3.27. The van der Waals surface area contributed by atoms with E-state index in [4.69, 9.17) is 10.2 Å². The van der Waals surface area contributed by atoms with Crippen molar-refractivity contribution >= 4 is 17.8 Å². The Hall–Kier alpha value is -1.85. The lowest BCUT2D eigenvalue weighted by atomic mass is 10.2. The van der Waals surface area contributed by atoms with Gasteiger partial charge in [-0.15, -0.1) is 0 Å². The van der Waals surface area contributed by atoms with Crippen LogP contribution in [-0.4, -0.2) is 34.1 Å². The summed E-state index contributed by atoms with van der Waals surface area (Å²) < 4.78 is 0. The number of carboxylic acid groups (broad SMARTS) is 2. The average molecular weight is 201 g/mol. The molecule has 6 heteroatoms. The molecule has 0 heterocycles. The standard InChI is InChI=1S/C8H11NO5/c1-2-3-6(10)9-5(8(13)14)4-7(11)12/h2-3,5H,4H2,1H3,(H,9,10)(H,11,12)(H,13,14)/t5-/m0/s1. The minimum atomic E-state index is -1.39. The zero-order valence-electron chi connectivity index (χ0n) is 7.56. The minimum absolute atomic E-state index is 0.624. The molecule has 0 aliphatic heterocycles. The molecule has 1 atom stereocenters. The van der Waals surface area contributed by atoms with Crippen LogP contribution >= 0.6 is 0 Å². The van der Waals surface area contributed by atoms with Crippen molar-refractivity contribution in [2.45, 2.75) is 19.4 Å². The molecule has 0 spiro atoms. The highest BCUT2D eigenvalue weighted by Crippen LogP contribution is 1.92. The molecule has 14 heavy (non-hydrogen) atoms. The molecule has 0 saturated heterocycles. The number of carbonyl (C=O) groups excluding carboxylic acids is 1. The topological polar surface area (TPSA) is 104 Å². The number of rotatable bonds is 5. The Labute approximate surface area is 80.2 Å². The molecule has 0 unspecified atom stereocenters. The third-order valence-corrected chi connectivity index (χ3v) is 1.31. The summed E-state index contributed by atoms with van der Waals surface area (Å²) in [6, 6.07) is -1.39. The summed E-state index contributed by atoms with van der Waals surface area (Å²) in [6.45, 7) is 1.59. The molecule has 0 aromatic carbocycles. The molecule has 0 fully saturated rings. The van der Waals surface area contributed by atoms with E-state index in [1.54, 1.807) is 6.92 Å². The summed E-state index contributed by atoms with van der Waals surface area (Å²) >= 11 is 0. The zero-order chi connectivity index (χ0) is 11.1. The molecule has 0 radical (unpaired) electrons. The fraction of sp³-hybridized carbons (Fsp3) is 0.375. The number of carboxylic acids is 2. The van der Waals surface area contributed by atoms with Crippen molar-refractivity contribution in [3.05, 3.63) is 12.2 Å². The summed E-state index contributed by atoms with van der Waals surface area (Å²) in [5.41, 5.74) is 0. The number of hydrogen-bond acceptors (Lipinski definition) is 3. The van der Waals surface area contributed by atoms with Crippen LogP contribution in [0, 0.1) is 0 Å². The van der Waals surface area contributed by atoms with Crippen molar-refractivity contribution in [1.29, 1.82) is 0 Å². The SMILES string of the molecule is CC=CC(=O)N[C@@H](CC(=O)O)C(=O)O. The van der Waals surface area contributed by atoms with Gasteiger partial charge in [0.05, 0.1) is 6.42 Å². The van der Waals surface area contributed by atoms with E-state index in [2.05, 4.69) is 0 Å². The zero-order valence-corrected chi connectivity index (χ0v) is 7.56. The molecule has 0 aromatic heterocycles. The van der Waals surface area contributed by atoms with Crippen LogP contribution in [0.5, 0.6) is 0 Å². The Morgan fingerprint density at radius 2 is 1.93 bits per heavy atom. The Kier molecular flexibility index (Phi) is 4.98. The third kappa shape index (κ3) is 4.91. The van der Waals surface area contributed by atoms with Gasteiger partial charge in [0.1, 0.15) is 6.04 Å². The van der Waals surface area contributed by atoms with Gasteiger partial charge < -0.3 is 15.5 Å². The van der Waals surface area contributed by atoms with Gasteiger partial charge in [0, 0.05) is 0 Å². The van der Waals surface area contributed by atoms with Gasteiger partial charge in [-0.2, -0.15) is 0 Å². The summed E-state index contributed by atoms with van der Waals surface area (Å²) in [4.78, 5) is 31.6. The number of allylic oxidation sites excluding steroid dienone is 1. The van der Waals surface area contributed by atoms with Crippen molar-refractivity contribution < 1.29 is 24.6 Å². The Morgan fingerprint density at radius 3 is 2.29 bits per heavy atom. The molecule has 3 N–H and O–H groups in total. The van der Waals surface area contributed by atoms with Gasteiger partial charge in [0.2, 0.25) is 5.91 Å².